The number of hydrogen-bond donors (Lipinski definition) is 1. The van der Waals surface area contributed by atoms with Crippen molar-refractivity contribution < 1.29 is 0 Å². The molecule has 0 saturated carbocycles. The van der Waals surface area contributed by atoms with E-state index in [0.29, 0.717) is 5.54 Å². The lowest BCUT2D eigenvalue weighted by Gasteiger charge is -2.37. The van der Waals surface area contributed by atoms with Gasteiger partial charge in [-0.1, -0.05) is 13.3 Å². The van der Waals surface area contributed by atoms with Gasteiger partial charge in [-0.3, -0.25) is 4.90 Å². The fourth-order valence-electron chi connectivity index (χ4n) is 3.64. The number of hydrogen-bond acceptors (Lipinski definition) is 3. The fraction of sp³-hybridized carbons (Fsp3) is 0.733. The molecule has 1 N–H and O–H groups in total. The molecule has 100 valence electrons. The molecule has 0 aliphatic carbocycles. The van der Waals surface area contributed by atoms with Gasteiger partial charge in [0.1, 0.15) is 0 Å². The Morgan fingerprint density at radius 1 is 1.50 bits per heavy atom. The van der Waals surface area contributed by atoms with Crippen LogP contribution in [0.1, 0.15) is 43.0 Å². The topological polar surface area (TPSA) is 15.3 Å². The normalized spacial score (nSPS) is 28.5. The SMILES string of the molecule is CCCC1(CN2CCc3sccc3C2)CCCN1. The van der Waals surface area contributed by atoms with E-state index in [4.69, 9.17) is 0 Å². The highest BCUT2D eigenvalue weighted by molar-refractivity contribution is 7.10. The van der Waals surface area contributed by atoms with Crippen molar-refractivity contribution in [3.63, 3.8) is 0 Å². The minimum absolute atomic E-state index is 0.419. The molecule has 0 amide bonds. The molecule has 1 aromatic rings. The first-order valence-electron chi connectivity index (χ1n) is 7.34. The van der Waals surface area contributed by atoms with Crippen LogP contribution < -0.4 is 5.32 Å². The number of fused-ring (bicyclic) bond motifs is 1. The molecule has 3 rings (SSSR count). The Hall–Kier alpha value is -0.380. The summed E-state index contributed by atoms with van der Waals surface area (Å²) in [5, 5.41) is 6.05. The summed E-state index contributed by atoms with van der Waals surface area (Å²) in [6.45, 7) is 7.20. The smallest absolute Gasteiger partial charge is 0.0309 e. The quantitative estimate of drug-likeness (QED) is 0.899. The lowest BCUT2D eigenvalue weighted by atomic mass is 9.90. The molecule has 2 aliphatic rings. The monoisotopic (exact) mass is 264 g/mol. The van der Waals surface area contributed by atoms with E-state index >= 15 is 0 Å². The third-order valence-corrected chi connectivity index (χ3v) is 5.50. The third-order valence-electron chi connectivity index (χ3n) is 4.47. The van der Waals surface area contributed by atoms with Crippen LogP contribution in [0.25, 0.3) is 0 Å². The predicted octanol–water partition coefficient (Wildman–Crippen LogP) is 3.03. The Labute approximate surface area is 114 Å². The predicted molar refractivity (Wildman–Crippen MR) is 78.2 cm³/mol. The molecule has 1 unspecified atom stereocenters. The van der Waals surface area contributed by atoms with Gasteiger partial charge in [0.15, 0.2) is 0 Å². The van der Waals surface area contributed by atoms with Crippen molar-refractivity contribution in [2.24, 2.45) is 0 Å². The molecular formula is C15H24N2S. The van der Waals surface area contributed by atoms with Gasteiger partial charge < -0.3 is 5.32 Å². The minimum atomic E-state index is 0.419. The highest BCUT2D eigenvalue weighted by atomic mass is 32.1. The number of rotatable bonds is 4. The lowest BCUT2D eigenvalue weighted by Crippen LogP contribution is -2.50. The molecule has 18 heavy (non-hydrogen) atoms. The zero-order chi connectivity index (χ0) is 12.4. The number of nitrogens with one attached hydrogen (secondary N) is 1. The van der Waals surface area contributed by atoms with Gasteiger partial charge in [-0.2, -0.15) is 0 Å². The second-order valence-electron chi connectivity index (χ2n) is 5.89. The molecule has 1 atom stereocenters. The van der Waals surface area contributed by atoms with Crippen molar-refractivity contribution >= 4 is 11.3 Å². The molecule has 0 spiro atoms. The Morgan fingerprint density at radius 3 is 3.22 bits per heavy atom. The molecule has 3 heterocycles. The highest BCUT2D eigenvalue weighted by Gasteiger charge is 2.34. The maximum atomic E-state index is 3.80. The third kappa shape index (κ3) is 2.49. The molecule has 1 aromatic heterocycles. The summed E-state index contributed by atoms with van der Waals surface area (Å²) >= 11 is 1.94. The van der Waals surface area contributed by atoms with Crippen LogP contribution in [0.5, 0.6) is 0 Å². The van der Waals surface area contributed by atoms with E-state index in [1.54, 1.807) is 10.4 Å². The van der Waals surface area contributed by atoms with Crippen molar-refractivity contribution in [1.29, 1.82) is 0 Å². The van der Waals surface area contributed by atoms with Crippen LogP contribution in [-0.2, 0) is 13.0 Å². The second-order valence-corrected chi connectivity index (χ2v) is 6.89. The number of thiophene rings is 1. The standard InChI is InChI=1S/C15H24N2S/c1-2-6-15(7-3-8-16-15)12-17-9-4-14-13(11-17)5-10-18-14/h5,10,16H,2-4,6-9,11-12H2,1H3. The van der Waals surface area contributed by atoms with E-state index < -0.39 is 0 Å². The molecule has 3 heteroatoms. The Bertz CT molecular complexity index is 393. The summed E-state index contributed by atoms with van der Waals surface area (Å²) in [5.74, 6) is 0. The van der Waals surface area contributed by atoms with E-state index in [2.05, 4.69) is 28.6 Å². The first-order chi connectivity index (χ1) is 8.81. The molecule has 1 fully saturated rings. The van der Waals surface area contributed by atoms with Crippen LogP contribution in [0.3, 0.4) is 0 Å². The van der Waals surface area contributed by atoms with Gasteiger partial charge in [-0.15, -0.1) is 11.3 Å². The van der Waals surface area contributed by atoms with Gasteiger partial charge >= 0.3 is 0 Å². The highest BCUT2D eigenvalue weighted by Crippen LogP contribution is 2.29. The van der Waals surface area contributed by atoms with E-state index in [9.17, 15) is 0 Å². The van der Waals surface area contributed by atoms with Gasteiger partial charge in [0.2, 0.25) is 0 Å². The summed E-state index contributed by atoms with van der Waals surface area (Å²) in [6.07, 6.45) is 6.62. The molecule has 0 bridgehead atoms. The Kier molecular flexibility index (Phi) is 3.73. The average Bonchev–Trinajstić information content (AvgIpc) is 2.98. The van der Waals surface area contributed by atoms with Crippen LogP contribution in [0, 0.1) is 0 Å². The average molecular weight is 264 g/mol. The van der Waals surface area contributed by atoms with E-state index in [1.807, 2.05) is 11.3 Å². The minimum Gasteiger partial charge on any atom is -0.310 e. The summed E-state index contributed by atoms with van der Waals surface area (Å²) < 4.78 is 0. The number of nitrogens with zero attached hydrogens (tertiary/aromatic N) is 1. The van der Waals surface area contributed by atoms with Crippen LogP contribution in [-0.4, -0.2) is 30.1 Å². The van der Waals surface area contributed by atoms with Gasteiger partial charge in [-0.05, 0) is 49.2 Å². The fourth-order valence-corrected chi connectivity index (χ4v) is 4.53. The molecule has 0 aromatic carbocycles. The second kappa shape index (κ2) is 5.32. The molecule has 2 nitrogen and oxygen atoms in total. The van der Waals surface area contributed by atoms with Crippen LogP contribution >= 0.6 is 11.3 Å². The summed E-state index contributed by atoms with van der Waals surface area (Å²) in [5.41, 5.74) is 2.00. The van der Waals surface area contributed by atoms with Crippen molar-refractivity contribution in [3.8, 4) is 0 Å². The zero-order valence-electron chi connectivity index (χ0n) is 11.4. The van der Waals surface area contributed by atoms with Crippen molar-refractivity contribution in [1.82, 2.24) is 10.2 Å². The van der Waals surface area contributed by atoms with E-state index in [1.165, 1.54) is 58.3 Å². The summed E-state index contributed by atoms with van der Waals surface area (Å²) in [7, 11) is 0. The molecule has 2 aliphatic heterocycles. The van der Waals surface area contributed by atoms with Crippen molar-refractivity contribution in [2.75, 3.05) is 19.6 Å². The van der Waals surface area contributed by atoms with Gasteiger partial charge in [0.05, 0.1) is 0 Å². The summed E-state index contributed by atoms with van der Waals surface area (Å²) in [6, 6.07) is 2.32. The lowest BCUT2D eigenvalue weighted by molar-refractivity contribution is 0.171. The first-order valence-corrected chi connectivity index (χ1v) is 8.22. The van der Waals surface area contributed by atoms with Crippen LogP contribution in [0.2, 0.25) is 0 Å². The van der Waals surface area contributed by atoms with Crippen molar-refractivity contribution in [2.45, 2.75) is 51.1 Å². The zero-order valence-corrected chi connectivity index (χ0v) is 12.2. The molecule has 0 radical (unpaired) electrons. The Balaban J connectivity index is 1.66. The molecule has 1 saturated heterocycles. The van der Waals surface area contributed by atoms with Gasteiger partial charge in [-0.25, -0.2) is 0 Å². The van der Waals surface area contributed by atoms with Crippen molar-refractivity contribution in [3.05, 3.63) is 21.9 Å². The maximum absolute atomic E-state index is 3.80. The largest absolute Gasteiger partial charge is 0.310 e. The summed E-state index contributed by atoms with van der Waals surface area (Å²) in [4.78, 5) is 4.29. The molecular weight excluding hydrogens is 240 g/mol. The van der Waals surface area contributed by atoms with Gasteiger partial charge in [0.25, 0.3) is 0 Å². The van der Waals surface area contributed by atoms with Crippen LogP contribution in [0.4, 0.5) is 0 Å². The van der Waals surface area contributed by atoms with E-state index in [0.717, 1.165) is 0 Å². The Morgan fingerprint density at radius 2 is 2.44 bits per heavy atom. The maximum Gasteiger partial charge on any atom is 0.0309 e. The first kappa shape index (κ1) is 12.6. The van der Waals surface area contributed by atoms with Crippen LogP contribution in [0.15, 0.2) is 11.4 Å². The van der Waals surface area contributed by atoms with Gasteiger partial charge in [0, 0.05) is 30.1 Å². The van der Waals surface area contributed by atoms with E-state index in [-0.39, 0.29) is 0 Å².